The summed E-state index contributed by atoms with van der Waals surface area (Å²) in [5.74, 6) is 1.72. The van der Waals surface area contributed by atoms with Gasteiger partial charge in [0, 0.05) is 11.1 Å². The van der Waals surface area contributed by atoms with Crippen LogP contribution in [0.5, 0.6) is 5.75 Å². The molecule has 0 unspecified atom stereocenters. The van der Waals surface area contributed by atoms with Crippen LogP contribution >= 0.6 is 11.8 Å². The van der Waals surface area contributed by atoms with Gasteiger partial charge in [-0.1, -0.05) is 66.4 Å². The number of pyridine rings is 1. The number of aromatic nitrogens is 3. The molecule has 0 N–H and O–H groups in total. The zero-order valence-corrected chi connectivity index (χ0v) is 15.4. The van der Waals surface area contributed by atoms with Gasteiger partial charge in [-0.05, 0) is 35.0 Å². The Morgan fingerprint density at radius 1 is 0.778 bits per heavy atom. The predicted molar refractivity (Wildman–Crippen MR) is 111 cm³/mol. The summed E-state index contributed by atoms with van der Waals surface area (Å²) in [6.07, 6.45) is 0. The first-order valence-corrected chi connectivity index (χ1v) is 9.85. The van der Waals surface area contributed by atoms with Crippen LogP contribution in [0.4, 0.5) is 0 Å². The van der Waals surface area contributed by atoms with Crippen LogP contribution in [0.1, 0.15) is 0 Å². The number of para-hydroxylation sites is 1. The fourth-order valence-electron chi connectivity index (χ4n) is 3.31. The second kappa shape index (κ2) is 6.93. The highest BCUT2D eigenvalue weighted by molar-refractivity contribution is 7.99. The topological polar surface area (TPSA) is 39.4 Å². The Morgan fingerprint density at radius 3 is 2.56 bits per heavy atom. The summed E-state index contributed by atoms with van der Waals surface area (Å²) in [6.45, 7) is 0.609. The van der Waals surface area contributed by atoms with E-state index in [-0.39, 0.29) is 0 Å². The molecule has 2 aromatic heterocycles. The summed E-state index contributed by atoms with van der Waals surface area (Å²) < 4.78 is 8.15. The van der Waals surface area contributed by atoms with E-state index in [9.17, 15) is 0 Å². The van der Waals surface area contributed by atoms with Crippen molar-refractivity contribution < 1.29 is 4.74 Å². The van der Waals surface area contributed by atoms with Gasteiger partial charge >= 0.3 is 0 Å². The van der Waals surface area contributed by atoms with Crippen LogP contribution in [0, 0.1) is 0 Å². The number of rotatable bonds is 5. The monoisotopic (exact) mass is 371 g/mol. The quantitative estimate of drug-likeness (QED) is 0.314. The van der Waals surface area contributed by atoms with Gasteiger partial charge in [-0.25, -0.2) is 0 Å². The van der Waals surface area contributed by atoms with E-state index in [4.69, 9.17) is 4.74 Å². The zero-order valence-electron chi connectivity index (χ0n) is 14.6. The second-order valence-corrected chi connectivity index (χ2v) is 7.30. The molecule has 0 fully saturated rings. The van der Waals surface area contributed by atoms with Gasteiger partial charge in [0.1, 0.15) is 5.75 Å². The van der Waals surface area contributed by atoms with E-state index in [1.165, 1.54) is 10.8 Å². The van der Waals surface area contributed by atoms with Crippen molar-refractivity contribution in [3.63, 3.8) is 0 Å². The highest BCUT2D eigenvalue weighted by Crippen LogP contribution is 2.26. The lowest BCUT2D eigenvalue weighted by atomic mass is 10.1. The number of ether oxygens (including phenoxy) is 1. The maximum Gasteiger partial charge on any atom is 0.196 e. The van der Waals surface area contributed by atoms with Gasteiger partial charge in [0.2, 0.25) is 0 Å². The van der Waals surface area contributed by atoms with Crippen molar-refractivity contribution in [3.8, 4) is 5.75 Å². The minimum absolute atomic E-state index is 0.609. The average Bonchev–Trinajstić information content (AvgIpc) is 3.15. The number of nitrogens with zero attached hydrogens (tertiary/aromatic N) is 3. The van der Waals surface area contributed by atoms with E-state index in [1.807, 2.05) is 42.5 Å². The molecule has 3 aromatic carbocycles. The Labute approximate surface area is 160 Å². The molecule has 2 heterocycles. The third kappa shape index (κ3) is 3.00. The van der Waals surface area contributed by atoms with E-state index < -0.39 is 0 Å². The fourth-order valence-corrected chi connectivity index (χ4v) is 4.08. The summed E-state index contributed by atoms with van der Waals surface area (Å²) >= 11 is 1.66. The smallest absolute Gasteiger partial charge is 0.196 e. The molecule has 0 bridgehead atoms. The summed E-state index contributed by atoms with van der Waals surface area (Å²) in [5.41, 5.74) is 1.99. The van der Waals surface area contributed by atoms with Gasteiger partial charge < -0.3 is 4.74 Å². The lowest BCUT2D eigenvalue weighted by Crippen LogP contribution is -2.01. The lowest BCUT2D eigenvalue weighted by Gasteiger charge is -2.09. The molecule has 0 aliphatic heterocycles. The van der Waals surface area contributed by atoms with Gasteiger partial charge in [0.25, 0.3) is 0 Å². The number of hydrogen-bond donors (Lipinski definition) is 0. The van der Waals surface area contributed by atoms with Gasteiger partial charge in [-0.15, -0.1) is 10.2 Å². The fraction of sp³-hybridized carbons (Fsp3) is 0.0909. The summed E-state index contributed by atoms with van der Waals surface area (Å²) in [4.78, 5) is 0. The molecule has 0 saturated heterocycles. The van der Waals surface area contributed by atoms with E-state index >= 15 is 0 Å². The van der Waals surface area contributed by atoms with Crippen LogP contribution < -0.4 is 4.74 Å². The van der Waals surface area contributed by atoms with E-state index in [1.54, 1.807) is 11.8 Å². The molecule has 5 aromatic rings. The molecule has 0 saturated carbocycles. The molecule has 0 aliphatic carbocycles. The summed E-state index contributed by atoms with van der Waals surface area (Å²) in [7, 11) is 0. The van der Waals surface area contributed by atoms with Crippen molar-refractivity contribution >= 4 is 39.1 Å². The normalized spacial score (nSPS) is 11.4. The van der Waals surface area contributed by atoms with E-state index in [2.05, 4.69) is 51.0 Å². The van der Waals surface area contributed by atoms with Gasteiger partial charge in [0.05, 0.1) is 12.1 Å². The molecule has 0 spiro atoms. The number of hydrogen-bond acceptors (Lipinski definition) is 4. The molecule has 0 radical (unpaired) electrons. The van der Waals surface area contributed by atoms with Crippen LogP contribution in [0.2, 0.25) is 0 Å². The molecule has 132 valence electrons. The minimum Gasteiger partial charge on any atom is -0.492 e. The predicted octanol–water partition coefficient (Wildman–Crippen LogP) is 5.21. The van der Waals surface area contributed by atoms with Gasteiger partial charge in [-0.3, -0.25) is 4.40 Å². The first-order chi connectivity index (χ1) is 13.4. The molecule has 27 heavy (non-hydrogen) atoms. The Kier molecular flexibility index (Phi) is 4.14. The van der Waals surface area contributed by atoms with Crippen LogP contribution in [-0.4, -0.2) is 27.0 Å². The Morgan fingerprint density at radius 2 is 1.59 bits per heavy atom. The van der Waals surface area contributed by atoms with Crippen molar-refractivity contribution in [2.75, 3.05) is 12.4 Å². The van der Waals surface area contributed by atoms with Crippen molar-refractivity contribution in [1.29, 1.82) is 0 Å². The largest absolute Gasteiger partial charge is 0.492 e. The SMILES string of the molecule is c1ccc2c(OCCSc3nnc4ccc5ccccc5n34)cccc2c1. The molecule has 0 aliphatic rings. The Hall–Kier alpha value is -3.05. The first-order valence-electron chi connectivity index (χ1n) is 8.86. The average molecular weight is 371 g/mol. The highest BCUT2D eigenvalue weighted by atomic mass is 32.2. The second-order valence-electron chi connectivity index (χ2n) is 6.24. The Bertz CT molecular complexity index is 1240. The number of benzene rings is 3. The Balaban J connectivity index is 1.34. The molecule has 4 nitrogen and oxygen atoms in total. The zero-order chi connectivity index (χ0) is 18.1. The maximum atomic E-state index is 6.04. The molecular weight excluding hydrogens is 354 g/mol. The number of thioether (sulfide) groups is 1. The lowest BCUT2D eigenvalue weighted by molar-refractivity contribution is 0.348. The van der Waals surface area contributed by atoms with Crippen molar-refractivity contribution in [2.45, 2.75) is 5.16 Å². The van der Waals surface area contributed by atoms with Crippen molar-refractivity contribution in [2.24, 2.45) is 0 Å². The minimum atomic E-state index is 0.609. The molecule has 5 heteroatoms. The maximum absolute atomic E-state index is 6.04. The third-order valence-electron chi connectivity index (χ3n) is 4.57. The number of fused-ring (bicyclic) bond motifs is 4. The van der Waals surface area contributed by atoms with Crippen molar-refractivity contribution in [3.05, 3.63) is 78.9 Å². The van der Waals surface area contributed by atoms with E-state index in [0.717, 1.165) is 33.2 Å². The van der Waals surface area contributed by atoms with Crippen LogP contribution in [0.25, 0.3) is 27.3 Å². The third-order valence-corrected chi connectivity index (χ3v) is 5.46. The molecule has 0 amide bonds. The van der Waals surface area contributed by atoms with Gasteiger partial charge in [0.15, 0.2) is 10.8 Å². The van der Waals surface area contributed by atoms with Crippen LogP contribution in [0.3, 0.4) is 0 Å². The first kappa shape index (κ1) is 16.1. The van der Waals surface area contributed by atoms with E-state index in [0.29, 0.717) is 6.61 Å². The van der Waals surface area contributed by atoms with Crippen LogP contribution in [-0.2, 0) is 0 Å². The highest BCUT2D eigenvalue weighted by Gasteiger charge is 2.09. The summed E-state index contributed by atoms with van der Waals surface area (Å²) in [6, 6.07) is 26.8. The van der Waals surface area contributed by atoms with Crippen LogP contribution in [0.15, 0.2) is 84.0 Å². The van der Waals surface area contributed by atoms with Gasteiger partial charge in [-0.2, -0.15) is 0 Å². The molecular formula is C22H17N3OS. The summed E-state index contributed by atoms with van der Waals surface area (Å²) in [5, 5.41) is 13.1. The molecule has 0 atom stereocenters. The standard InChI is InChI=1S/C22H17N3OS/c1-3-9-18-16(6-1)8-5-11-20(18)26-14-15-27-22-24-23-21-13-12-17-7-2-4-10-19(17)25(21)22/h1-13H,14-15H2. The van der Waals surface area contributed by atoms with Crippen molar-refractivity contribution in [1.82, 2.24) is 14.6 Å². The molecule has 5 rings (SSSR count).